The molecule has 80 valence electrons. The van der Waals surface area contributed by atoms with E-state index in [1.807, 2.05) is 0 Å². The summed E-state index contributed by atoms with van der Waals surface area (Å²) in [7, 11) is 0. The first-order valence-corrected chi connectivity index (χ1v) is 5.62. The molecule has 1 amide bonds. The Balaban J connectivity index is 2.78. The maximum absolute atomic E-state index is 11.6. The molecule has 0 radical (unpaired) electrons. The lowest BCUT2D eigenvalue weighted by molar-refractivity contribution is 0.0957. The highest BCUT2D eigenvalue weighted by Gasteiger charge is 2.09. The molecule has 0 bridgehead atoms. The Kier molecular flexibility index (Phi) is 4.64. The molecule has 0 unspecified atom stereocenters. The van der Waals surface area contributed by atoms with Crippen molar-refractivity contribution in [2.45, 2.75) is 0 Å². The Morgan fingerprint density at radius 2 is 2.20 bits per heavy atom. The van der Waals surface area contributed by atoms with Gasteiger partial charge in [-0.05, 0) is 34.1 Å². The molecule has 2 nitrogen and oxygen atoms in total. The third-order valence-electron chi connectivity index (χ3n) is 1.62. The maximum Gasteiger partial charge on any atom is 0.252 e. The highest BCUT2D eigenvalue weighted by atomic mass is 79.9. The summed E-state index contributed by atoms with van der Waals surface area (Å²) in [5.74, 6) is -0.222. The van der Waals surface area contributed by atoms with Gasteiger partial charge in [0.25, 0.3) is 5.91 Å². The van der Waals surface area contributed by atoms with Crippen LogP contribution in [0.2, 0.25) is 5.02 Å². The van der Waals surface area contributed by atoms with Crippen LogP contribution in [0.25, 0.3) is 0 Å². The molecule has 15 heavy (non-hydrogen) atoms. The Morgan fingerprint density at radius 3 is 2.73 bits per heavy atom. The second-order valence-corrected chi connectivity index (χ2v) is 4.65. The zero-order valence-electron chi connectivity index (χ0n) is 7.69. The molecule has 0 heterocycles. The van der Waals surface area contributed by atoms with E-state index >= 15 is 0 Å². The van der Waals surface area contributed by atoms with E-state index in [-0.39, 0.29) is 12.5 Å². The number of carbonyl (C=O) groups is 1. The van der Waals surface area contributed by atoms with Gasteiger partial charge in [0, 0.05) is 14.5 Å². The van der Waals surface area contributed by atoms with Gasteiger partial charge in [0.05, 0.1) is 12.1 Å². The second-order valence-electron chi connectivity index (χ2n) is 2.82. The average Bonchev–Trinajstić information content (AvgIpc) is 2.14. The molecule has 1 N–H and O–H groups in total. The Bertz CT molecular complexity index is 406. The number of nitrogens with one attached hydrogen (secondary N) is 1. The number of hydrogen-bond donors (Lipinski definition) is 1. The lowest BCUT2D eigenvalue weighted by Crippen LogP contribution is -2.24. The number of hydrogen-bond acceptors (Lipinski definition) is 1. The molecule has 0 saturated heterocycles. The van der Waals surface area contributed by atoms with Crippen molar-refractivity contribution in [3.8, 4) is 0 Å². The standard InChI is InChI=1S/C10H8BrCl2NO/c1-6(12)5-14-10(15)8-3-2-7(13)4-9(8)11/h2-4H,1,5H2,(H,14,15). The molecule has 0 aromatic heterocycles. The van der Waals surface area contributed by atoms with E-state index in [0.29, 0.717) is 20.1 Å². The third kappa shape index (κ3) is 3.86. The Labute approximate surface area is 106 Å². The van der Waals surface area contributed by atoms with Crippen molar-refractivity contribution in [1.29, 1.82) is 0 Å². The number of amides is 1. The first kappa shape index (κ1) is 12.6. The molecular formula is C10H8BrCl2NO. The summed E-state index contributed by atoms with van der Waals surface area (Å²) in [6.45, 7) is 3.72. The monoisotopic (exact) mass is 307 g/mol. The summed E-state index contributed by atoms with van der Waals surface area (Å²) >= 11 is 14.5. The lowest BCUT2D eigenvalue weighted by atomic mass is 10.2. The number of carbonyl (C=O) groups excluding carboxylic acids is 1. The summed E-state index contributed by atoms with van der Waals surface area (Å²) in [5.41, 5.74) is 0.511. The third-order valence-corrected chi connectivity index (χ3v) is 2.64. The first-order chi connectivity index (χ1) is 7.00. The van der Waals surface area contributed by atoms with E-state index in [4.69, 9.17) is 23.2 Å². The first-order valence-electron chi connectivity index (χ1n) is 4.07. The van der Waals surface area contributed by atoms with Gasteiger partial charge in [-0.15, -0.1) is 0 Å². The minimum atomic E-state index is -0.222. The molecule has 0 saturated carbocycles. The molecule has 5 heteroatoms. The van der Waals surface area contributed by atoms with E-state index in [1.165, 1.54) is 0 Å². The van der Waals surface area contributed by atoms with Gasteiger partial charge in [0.1, 0.15) is 0 Å². The highest BCUT2D eigenvalue weighted by molar-refractivity contribution is 9.10. The van der Waals surface area contributed by atoms with Crippen LogP contribution in [0.4, 0.5) is 0 Å². The van der Waals surface area contributed by atoms with E-state index in [2.05, 4.69) is 27.8 Å². The predicted molar refractivity (Wildman–Crippen MR) is 66.5 cm³/mol. The second kappa shape index (κ2) is 5.54. The Morgan fingerprint density at radius 1 is 1.53 bits per heavy atom. The van der Waals surface area contributed by atoms with Gasteiger partial charge in [-0.25, -0.2) is 0 Å². The average molecular weight is 309 g/mol. The smallest absolute Gasteiger partial charge is 0.252 e. The van der Waals surface area contributed by atoms with Crippen molar-refractivity contribution < 1.29 is 4.79 Å². The van der Waals surface area contributed by atoms with E-state index < -0.39 is 0 Å². The van der Waals surface area contributed by atoms with Crippen LogP contribution in [0, 0.1) is 0 Å². The maximum atomic E-state index is 11.6. The van der Waals surface area contributed by atoms with Crippen molar-refractivity contribution in [1.82, 2.24) is 5.32 Å². The zero-order chi connectivity index (χ0) is 11.4. The van der Waals surface area contributed by atoms with Gasteiger partial charge < -0.3 is 5.32 Å². The molecule has 1 aromatic carbocycles. The highest BCUT2D eigenvalue weighted by Crippen LogP contribution is 2.21. The molecule has 0 aliphatic rings. The van der Waals surface area contributed by atoms with Gasteiger partial charge in [-0.1, -0.05) is 29.8 Å². The van der Waals surface area contributed by atoms with Crippen molar-refractivity contribution in [2.24, 2.45) is 0 Å². The van der Waals surface area contributed by atoms with Crippen LogP contribution < -0.4 is 5.32 Å². The minimum Gasteiger partial charge on any atom is -0.347 e. The molecule has 1 aromatic rings. The topological polar surface area (TPSA) is 29.1 Å². The molecule has 0 spiro atoms. The number of rotatable bonds is 3. The zero-order valence-corrected chi connectivity index (χ0v) is 10.8. The van der Waals surface area contributed by atoms with E-state index in [1.54, 1.807) is 18.2 Å². The van der Waals surface area contributed by atoms with Gasteiger partial charge >= 0.3 is 0 Å². The summed E-state index contributed by atoms with van der Waals surface area (Å²) in [6, 6.07) is 4.95. The Hall–Kier alpha value is -0.510. The van der Waals surface area contributed by atoms with Crippen molar-refractivity contribution in [2.75, 3.05) is 6.54 Å². The molecule has 0 aliphatic carbocycles. The molecule has 0 atom stereocenters. The molecular weight excluding hydrogens is 301 g/mol. The minimum absolute atomic E-state index is 0.222. The summed E-state index contributed by atoms with van der Waals surface area (Å²) in [6.07, 6.45) is 0. The van der Waals surface area contributed by atoms with Crippen LogP contribution in [0.1, 0.15) is 10.4 Å². The van der Waals surface area contributed by atoms with Crippen LogP contribution in [0.5, 0.6) is 0 Å². The van der Waals surface area contributed by atoms with Gasteiger partial charge in [-0.2, -0.15) is 0 Å². The fourth-order valence-electron chi connectivity index (χ4n) is 0.945. The van der Waals surface area contributed by atoms with Gasteiger partial charge in [0.2, 0.25) is 0 Å². The number of benzene rings is 1. The number of halogens is 3. The van der Waals surface area contributed by atoms with E-state index in [0.717, 1.165) is 0 Å². The van der Waals surface area contributed by atoms with Crippen LogP contribution >= 0.6 is 39.1 Å². The van der Waals surface area contributed by atoms with Crippen LogP contribution in [-0.4, -0.2) is 12.5 Å². The van der Waals surface area contributed by atoms with Gasteiger partial charge in [-0.3, -0.25) is 4.79 Å². The molecule has 1 rings (SSSR count). The van der Waals surface area contributed by atoms with Crippen LogP contribution in [0.15, 0.2) is 34.3 Å². The SMILES string of the molecule is C=C(Cl)CNC(=O)c1ccc(Cl)cc1Br. The molecule has 0 fully saturated rings. The quantitative estimate of drug-likeness (QED) is 0.908. The predicted octanol–water partition coefficient (Wildman–Crippen LogP) is 3.58. The fourth-order valence-corrected chi connectivity index (χ4v) is 1.87. The molecule has 0 aliphatic heterocycles. The van der Waals surface area contributed by atoms with Crippen molar-refractivity contribution in [3.05, 3.63) is 44.9 Å². The van der Waals surface area contributed by atoms with Crippen molar-refractivity contribution >= 4 is 45.0 Å². The largest absolute Gasteiger partial charge is 0.347 e. The summed E-state index contributed by atoms with van der Waals surface area (Å²) < 4.78 is 0.646. The lowest BCUT2D eigenvalue weighted by Gasteiger charge is -2.05. The van der Waals surface area contributed by atoms with E-state index in [9.17, 15) is 4.79 Å². The summed E-state index contributed by atoms with van der Waals surface area (Å²) in [5, 5.41) is 3.57. The van der Waals surface area contributed by atoms with Crippen LogP contribution in [0.3, 0.4) is 0 Å². The van der Waals surface area contributed by atoms with Gasteiger partial charge in [0.15, 0.2) is 0 Å². The van der Waals surface area contributed by atoms with Crippen LogP contribution in [-0.2, 0) is 0 Å². The normalized spacial score (nSPS) is 9.80. The fraction of sp³-hybridized carbons (Fsp3) is 0.100. The van der Waals surface area contributed by atoms with Crippen molar-refractivity contribution in [3.63, 3.8) is 0 Å². The summed E-state index contributed by atoms with van der Waals surface area (Å²) in [4.78, 5) is 11.6.